The standard InChI is InChI=1S/C28H38N2O5/c1-4-5-6-7-8-9-10-11-12-13-27(31)30-29-21-22-14-17-24(18-15-22)35-28(32)23-16-19-25(33-2)26(20-23)34-3/h14-21H,4-13H2,1-3H3,(H,30,31)/b29-21+. The van der Waals surface area contributed by atoms with Gasteiger partial charge in [-0.05, 0) is 54.4 Å². The highest BCUT2D eigenvalue weighted by molar-refractivity contribution is 5.92. The SMILES string of the molecule is CCCCCCCCCCCC(=O)N/N=C/c1ccc(OC(=O)c2ccc(OC)c(OC)c2)cc1. The van der Waals surface area contributed by atoms with Gasteiger partial charge in [-0.3, -0.25) is 4.79 Å². The Kier molecular flexibility index (Phi) is 13.0. The molecular formula is C28H38N2O5. The lowest BCUT2D eigenvalue weighted by molar-refractivity contribution is -0.121. The zero-order valence-electron chi connectivity index (χ0n) is 21.2. The van der Waals surface area contributed by atoms with Crippen LogP contribution in [0.3, 0.4) is 0 Å². The first-order valence-corrected chi connectivity index (χ1v) is 12.4. The zero-order chi connectivity index (χ0) is 25.3. The molecule has 0 aliphatic rings. The Hall–Kier alpha value is -3.35. The Bertz CT molecular complexity index is 941. The van der Waals surface area contributed by atoms with Crippen LogP contribution in [-0.2, 0) is 4.79 Å². The van der Waals surface area contributed by atoms with Gasteiger partial charge in [0.1, 0.15) is 5.75 Å². The number of carbonyl (C=O) groups is 2. The van der Waals surface area contributed by atoms with Gasteiger partial charge in [0, 0.05) is 6.42 Å². The van der Waals surface area contributed by atoms with E-state index in [9.17, 15) is 9.59 Å². The molecule has 0 atom stereocenters. The number of methoxy groups -OCH3 is 2. The maximum absolute atomic E-state index is 12.4. The Balaban J connectivity index is 1.68. The van der Waals surface area contributed by atoms with Gasteiger partial charge in [-0.1, -0.05) is 58.3 Å². The van der Waals surface area contributed by atoms with Crippen LogP contribution in [0.1, 0.15) is 87.1 Å². The van der Waals surface area contributed by atoms with Gasteiger partial charge < -0.3 is 14.2 Å². The van der Waals surface area contributed by atoms with E-state index in [2.05, 4.69) is 17.5 Å². The van der Waals surface area contributed by atoms with E-state index in [1.165, 1.54) is 59.2 Å². The van der Waals surface area contributed by atoms with Gasteiger partial charge in [-0.2, -0.15) is 5.10 Å². The number of hydrazone groups is 1. The summed E-state index contributed by atoms with van der Waals surface area (Å²) in [6.07, 6.45) is 13.0. The summed E-state index contributed by atoms with van der Waals surface area (Å²) in [4.78, 5) is 24.4. The molecule has 190 valence electrons. The highest BCUT2D eigenvalue weighted by atomic mass is 16.5. The van der Waals surface area contributed by atoms with Crippen LogP contribution in [0.15, 0.2) is 47.6 Å². The van der Waals surface area contributed by atoms with Crippen LogP contribution < -0.4 is 19.6 Å². The molecule has 0 spiro atoms. The van der Waals surface area contributed by atoms with E-state index in [1.54, 1.807) is 48.7 Å². The van der Waals surface area contributed by atoms with E-state index in [0.717, 1.165) is 18.4 Å². The van der Waals surface area contributed by atoms with Crippen molar-refractivity contribution in [2.45, 2.75) is 71.1 Å². The lowest BCUT2D eigenvalue weighted by atomic mass is 10.1. The number of hydrogen-bond acceptors (Lipinski definition) is 6. The summed E-state index contributed by atoms with van der Waals surface area (Å²) in [7, 11) is 3.04. The molecular weight excluding hydrogens is 444 g/mol. The van der Waals surface area contributed by atoms with Gasteiger partial charge in [-0.15, -0.1) is 0 Å². The van der Waals surface area contributed by atoms with Crippen molar-refractivity contribution in [2.75, 3.05) is 14.2 Å². The number of benzene rings is 2. The van der Waals surface area contributed by atoms with Crippen molar-refractivity contribution >= 4 is 18.1 Å². The number of carbonyl (C=O) groups excluding carboxylic acids is 2. The van der Waals surface area contributed by atoms with E-state index in [0.29, 0.717) is 29.2 Å². The molecule has 1 N–H and O–H groups in total. The van der Waals surface area contributed by atoms with Crippen LogP contribution in [0.5, 0.6) is 17.2 Å². The van der Waals surface area contributed by atoms with Gasteiger partial charge in [0.2, 0.25) is 5.91 Å². The molecule has 0 aliphatic carbocycles. The molecule has 0 heterocycles. The molecule has 0 aliphatic heterocycles. The predicted octanol–water partition coefficient (Wildman–Crippen LogP) is 6.29. The van der Waals surface area contributed by atoms with Gasteiger partial charge in [0.05, 0.1) is 26.0 Å². The third-order valence-corrected chi connectivity index (χ3v) is 5.62. The lowest BCUT2D eigenvalue weighted by Crippen LogP contribution is -2.16. The summed E-state index contributed by atoms with van der Waals surface area (Å²) in [5, 5.41) is 4.01. The predicted molar refractivity (Wildman–Crippen MR) is 139 cm³/mol. The molecule has 7 nitrogen and oxygen atoms in total. The van der Waals surface area contributed by atoms with Crippen LogP contribution in [0, 0.1) is 0 Å². The Morgan fingerprint density at radius 1 is 0.829 bits per heavy atom. The normalized spacial score (nSPS) is 10.8. The fourth-order valence-corrected chi connectivity index (χ4v) is 3.58. The third-order valence-electron chi connectivity index (χ3n) is 5.62. The number of unbranched alkanes of at least 4 members (excludes halogenated alkanes) is 8. The van der Waals surface area contributed by atoms with Crippen molar-refractivity contribution in [3.8, 4) is 17.2 Å². The van der Waals surface area contributed by atoms with Crippen molar-refractivity contribution in [2.24, 2.45) is 5.10 Å². The first kappa shape index (κ1) is 27.9. The third kappa shape index (κ3) is 10.6. The molecule has 2 aromatic rings. The number of amides is 1. The molecule has 0 radical (unpaired) electrons. The molecule has 0 unspecified atom stereocenters. The quantitative estimate of drug-likeness (QED) is 0.0998. The summed E-state index contributed by atoms with van der Waals surface area (Å²) in [5.41, 5.74) is 3.69. The number of esters is 1. The van der Waals surface area contributed by atoms with Crippen molar-refractivity contribution in [3.05, 3.63) is 53.6 Å². The fourth-order valence-electron chi connectivity index (χ4n) is 3.58. The minimum absolute atomic E-state index is 0.0790. The minimum Gasteiger partial charge on any atom is -0.493 e. The van der Waals surface area contributed by atoms with Crippen LogP contribution in [0.4, 0.5) is 0 Å². The number of nitrogens with zero attached hydrogens (tertiary/aromatic N) is 1. The molecule has 1 amide bonds. The number of ether oxygens (including phenoxy) is 3. The zero-order valence-corrected chi connectivity index (χ0v) is 21.2. The molecule has 0 saturated carbocycles. The molecule has 0 aromatic heterocycles. The molecule has 2 rings (SSSR count). The molecule has 0 saturated heterocycles. The highest BCUT2D eigenvalue weighted by Gasteiger charge is 2.13. The molecule has 2 aromatic carbocycles. The van der Waals surface area contributed by atoms with Crippen molar-refractivity contribution in [1.82, 2.24) is 5.43 Å². The Labute approximate surface area is 208 Å². The van der Waals surface area contributed by atoms with Gasteiger partial charge in [0.25, 0.3) is 0 Å². The smallest absolute Gasteiger partial charge is 0.343 e. The van der Waals surface area contributed by atoms with Crippen molar-refractivity contribution in [3.63, 3.8) is 0 Å². The number of rotatable bonds is 16. The Morgan fingerprint density at radius 3 is 2.09 bits per heavy atom. The lowest BCUT2D eigenvalue weighted by Gasteiger charge is -2.09. The maximum Gasteiger partial charge on any atom is 0.343 e. The summed E-state index contributed by atoms with van der Waals surface area (Å²) in [6.45, 7) is 2.23. The first-order chi connectivity index (χ1) is 17.1. The molecule has 0 bridgehead atoms. The average molecular weight is 483 g/mol. The summed E-state index contributed by atoms with van der Waals surface area (Å²) in [6, 6.07) is 11.7. The first-order valence-electron chi connectivity index (χ1n) is 12.4. The van der Waals surface area contributed by atoms with E-state index >= 15 is 0 Å². The second kappa shape index (κ2) is 16.3. The second-order valence-electron chi connectivity index (χ2n) is 8.40. The summed E-state index contributed by atoms with van der Waals surface area (Å²) < 4.78 is 15.8. The second-order valence-corrected chi connectivity index (χ2v) is 8.40. The average Bonchev–Trinajstić information content (AvgIpc) is 2.88. The number of nitrogens with one attached hydrogen (secondary N) is 1. The van der Waals surface area contributed by atoms with Crippen LogP contribution in [0.25, 0.3) is 0 Å². The summed E-state index contributed by atoms with van der Waals surface area (Å²) >= 11 is 0. The summed E-state index contributed by atoms with van der Waals surface area (Å²) in [5.74, 6) is 0.804. The largest absolute Gasteiger partial charge is 0.493 e. The van der Waals surface area contributed by atoms with Crippen molar-refractivity contribution < 1.29 is 23.8 Å². The molecule has 7 heteroatoms. The van der Waals surface area contributed by atoms with Crippen LogP contribution in [0.2, 0.25) is 0 Å². The number of hydrogen-bond donors (Lipinski definition) is 1. The molecule has 35 heavy (non-hydrogen) atoms. The van der Waals surface area contributed by atoms with E-state index in [-0.39, 0.29) is 5.91 Å². The van der Waals surface area contributed by atoms with Crippen LogP contribution >= 0.6 is 0 Å². The van der Waals surface area contributed by atoms with Gasteiger partial charge >= 0.3 is 5.97 Å². The van der Waals surface area contributed by atoms with Crippen molar-refractivity contribution in [1.29, 1.82) is 0 Å². The topological polar surface area (TPSA) is 86.2 Å². The van der Waals surface area contributed by atoms with Crippen LogP contribution in [-0.4, -0.2) is 32.3 Å². The van der Waals surface area contributed by atoms with Gasteiger partial charge in [-0.25, -0.2) is 10.2 Å². The molecule has 0 fully saturated rings. The van der Waals surface area contributed by atoms with E-state index in [4.69, 9.17) is 14.2 Å². The minimum atomic E-state index is -0.504. The fraction of sp³-hybridized carbons (Fsp3) is 0.464. The Morgan fingerprint density at radius 2 is 1.46 bits per heavy atom. The van der Waals surface area contributed by atoms with Gasteiger partial charge in [0.15, 0.2) is 11.5 Å². The van der Waals surface area contributed by atoms with E-state index in [1.807, 2.05) is 0 Å². The van der Waals surface area contributed by atoms with E-state index < -0.39 is 5.97 Å². The monoisotopic (exact) mass is 482 g/mol. The maximum atomic E-state index is 12.4. The highest BCUT2D eigenvalue weighted by Crippen LogP contribution is 2.28.